The van der Waals surface area contributed by atoms with Crippen molar-refractivity contribution in [2.75, 3.05) is 119 Å². The maximum absolute atomic E-state index is 11.8. The van der Waals surface area contributed by atoms with E-state index in [1.54, 1.807) is 17.1 Å². The molecule has 4 N–H and O–H groups in total. The minimum absolute atomic E-state index is 0.0247. The van der Waals surface area contributed by atoms with Gasteiger partial charge >= 0.3 is 0 Å². The van der Waals surface area contributed by atoms with E-state index in [1.165, 1.54) is 4.68 Å². The highest BCUT2D eigenvalue weighted by Gasteiger charge is 2.17. The largest absolute Gasteiger partial charge is 0.377 e. The van der Waals surface area contributed by atoms with E-state index in [-0.39, 0.29) is 91.7 Å². The highest BCUT2D eigenvalue weighted by atomic mass is 16.6. The number of carbonyl (C=O) groups excluding carboxylic acids is 4. The lowest BCUT2D eigenvalue weighted by molar-refractivity contribution is -0.128. The number of nitrogens with one attached hydrogen (secondary N) is 4. The van der Waals surface area contributed by atoms with E-state index in [0.29, 0.717) is 130 Å². The molecule has 0 aliphatic heterocycles. The number of hydrogen-bond acceptors (Lipinski definition) is 19. The molecule has 2 rings (SSSR count). The number of aromatic nitrogens is 6. The van der Waals surface area contributed by atoms with Crippen molar-refractivity contribution in [3.05, 3.63) is 23.8 Å². The van der Waals surface area contributed by atoms with Crippen molar-refractivity contribution < 1.29 is 71.3 Å². The molecule has 0 aromatic carbocycles. The molecule has 25 nitrogen and oxygen atoms in total. The molecule has 2 heterocycles. The van der Waals surface area contributed by atoms with Gasteiger partial charge in [0.25, 0.3) is 0 Å². The minimum Gasteiger partial charge on any atom is -0.377 e. The predicted octanol–water partition coefficient (Wildman–Crippen LogP) is 5.11. The summed E-state index contributed by atoms with van der Waals surface area (Å²) in [5.74, 6) is 0.485. The maximum Gasteiger partial charge on any atom is 0.247 e. The smallest absolute Gasteiger partial charge is 0.247 e. The molecule has 0 unspecified atom stereocenters. The molecular formula is C57H112N10O15. The van der Waals surface area contributed by atoms with Crippen molar-refractivity contribution in [2.24, 2.45) is 11.8 Å². The third-order valence-electron chi connectivity index (χ3n) is 9.10. The Balaban J connectivity index is 0. The first-order valence-corrected chi connectivity index (χ1v) is 28.8. The van der Waals surface area contributed by atoms with Crippen LogP contribution in [0.25, 0.3) is 0 Å². The summed E-state index contributed by atoms with van der Waals surface area (Å²) in [6.07, 6.45) is 4.86. The zero-order chi connectivity index (χ0) is 62.4. The number of hydrogen-bond donors (Lipinski definition) is 4. The van der Waals surface area contributed by atoms with Gasteiger partial charge in [-0.3, -0.25) is 19.2 Å². The Hall–Kier alpha value is -4.28. The molecule has 2 aromatic rings. The van der Waals surface area contributed by atoms with Crippen molar-refractivity contribution in [3.8, 4) is 0 Å². The van der Waals surface area contributed by atoms with Crippen LogP contribution in [0.4, 0.5) is 0 Å². The van der Waals surface area contributed by atoms with E-state index < -0.39 is 0 Å². The minimum atomic E-state index is -0.260. The molecule has 0 radical (unpaired) electrons. The number of amides is 4. The van der Waals surface area contributed by atoms with Gasteiger partial charge in [-0.2, -0.15) is 0 Å². The Labute approximate surface area is 492 Å². The second kappa shape index (κ2) is 48.0. The summed E-state index contributed by atoms with van der Waals surface area (Å²) in [6.45, 7) is 46.9. The van der Waals surface area contributed by atoms with Gasteiger partial charge in [-0.25, -0.2) is 9.36 Å². The van der Waals surface area contributed by atoms with E-state index in [9.17, 15) is 19.2 Å². The summed E-state index contributed by atoms with van der Waals surface area (Å²) in [5, 5.41) is 27.0. The first-order chi connectivity index (χ1) is 38.3. The van der Waals surface area contributed by atoms with Gasteiger partial charge in [0, 0.05) is 30.2 Å². The average molecular weight is 1180 g/mol. The van der Waals surface area contributed by atoms with Crippen LogP contribution >= 0.6 is 0 Å². The number of nitrogens with zero attached hydrogens (tertiary/aromatic N) is 6. The van der Waals surface area contributed by atoms with E-state index in [1.807, 2.05) is 118 Å². The second-order valence-electron chi connectivity index (χ2n) is 23.6. The van der Waals surface area contributed by atoms with Crippen LogP contribution in [0.5, 0.6) is 0 Å². The molecule has 0 spiro atoms. The Morgan fingerprint density at radius 3 is 1.26 bits per heavy atom. The van der Waals surface area contributed by atoms with Crippen LogP contribution in [0.2, 0.25) is 0 Å². The van der Waals surface area contributed by atoms with Gasteiger partial charge in [0.1, 0.15) is 38.7 Å². The van der Waals surface area contributed by atoms with E-state index in [2.05, 4.69) is 55.7 Å². The molecule has 0 saturated carbocycles. The van der Waals surface area contributed by atoms with Crippen molar-refractivity contribution >= 4 is 23.6 Å². The highest BCUT2D eigenvalue weighted by molar-refractivity contribution is 5.77. The van der Waals surface area contributed by atoms with Gasteiger partial charge in [-0.1, -0.05) is 38.1 Å². The van der Waals surface area contributed by atoms with E-state index in [4.69, 9.17) is 52.1 Å². The van der Waals surface area contributed by atoms with Gasteiger partial charge in [-0.05, 0) is 116 Å². The van der Waals surface area contributed by atoms with Crippen LogP contribution in [0.1, 0.15) is 143 Å². The Morgan fingerprint density at radius 2 is 0.854 bits per heavy atom. The molecule has 480 valence electrons. The molecule has 0 atom stereocenters. The van der Waals surface area contributed by atoms with Gasteiger partial charge in [0.05, 0.1) is 135 Å². The molecule has 0 bridgehead atoms. The summed E-state index contributed by atoms with van der Waals surface area (Å²) >= 11 is 0. The molecule has 2 aromatic heterocycles. The second-order valence-corrected chi connectivity index (χ2v) is 23.6. The van der Waals surface area contributed by atoms with E-state index >= 15 is 0 Å². The zero-order valence-electron chi connectivity index (χ0n) is 53.9. The molecule has 0 saturated heterocycles. The number of rotatable bonds is 40. The lowest BCUT2D eigenvalue weighted by Crippen LogP contribution is -2.42. The van der Waals surface area contributed by atoms with Crippen molar-refractivity contribution in [2.45, 2.75) is 193 Å². The van der Waals surface area contributed by atoms with Crippen molar-refractivity contribution in [1.82, 2.24) is 51.3 Å². The van der Waals surface area contributed by atoms with E-state index in [0.717, 1.165) is 5.69 Å². The lowest BCUT2D eigenvalue weighted by atomic mass is 10.1. The number of ether oxygens (including phenoxy) is 11. The molecule has 0 fully saturated rings. The topological polar surface area (TPSA) is 279 Å². The Bertz CT molecular complexity index is 1880. The third-order valence-corrected chi connectivity index (χ3v) is 9.10. The molecule has 25 heteroatoms. The third kappa shape index (κ3) is 60.3. The first kappa shape index (κ1) is 79.8. The summed E-state index contributed by atoms with van der Waals surface area (Å²) in [6, 6.07) is 0. The molecule has 0 aliphatic rings. The SMILES string of the molecule is CC(C)(C)NC(=O)Cn1cc(CCOC(C)(C)C)nn1.CC(C)CNC(=O)COCCOCCOC(C)C.CC(C)COCNC(=O)COCCOCCOC(C)C.CC(C)OCCOCCOCc1cn(CC(=O)NC(C)(C)C)nn1. The summed E-state index contributed by atoms with van der Waals surface area (Å²) in [4.78, 5) is 46.1. The zero-order valence-corrected chi connectivity index (χ0v) is 53.9. The average Bonchev–Trinajstić information content (AvgIpc) is 4.04. The molecule has 82 heavy (non-hydrogen) atoms. The van der Waals surface area contributed by atoms with Crippen LogP contribution in [-0.2, 0) is 97.4 Å². The summed E-state index contributed by atoms with van der Waals surface area (Å²) < 4.78 is 61.7. The van der Waals surface area contributed by atoms with Crippen molar-refractivity contribution in [3.63, 3.8) is 0 Å². The van der Waals surface area contributed by atoms with Gasteiger partial charge in [-0.15, -0.1) is 10.2 Å². The Morgan fingerprint density at radius 1 is 0.463 bits per heavy atom. The molecular weight excluding hydrogens is 1060 g/mol. The molecule has 4 amide bonds. The van der Waals surface area contributed by atoms with Crippen LogP contribution in [-0.4, -0.2) is 208 Å². The lowest BCUT2D eigenvalue weighted by Gasteiger charge is -2.20. The predicted molar refractivity (Wildman–Crippen MR) is 314 cm³/mol. The van der Waals surface area contributed by atoms with Gasteiger partial charge in [0.2, 0.25) is 23.6 Å². The number of carbonyl (C=O) groups is 4. The fraction of sp³-hybridized carbons (Fsp3) is 0.860. The van der Waals surface area contributed by atoms with Crippen LogP contribution in [0, 0.1) is 11.8 Å². The maximum atomic E-state index is 11.8. The van der Waals surface area contributed by atoms with Crippen LogP contribution in [0.15, 0.2) is 12.4 Å². The monoisotopic (exact) mass is 1180 g/mol. The highest BCUT2D eigenvalue weighted by Crippen LogP contribution is 2.08. The summed E-state index contributed by atoms with van der Waals surface area (Å²) in [5.41, 5.74) is 0.868. The van der Waals surface area contributed by atoms with Crippen molar-refractivity contribution in [1.29, 1.82) is 0 Å². The van der Waals surface area contributed by atoms with Gasteiger partial charge < -0.3 is 73.4 Å². The summed E-state index contributed by atoms with van der Waals surface area (Å²) in [7, 11) is 0. The van der Waals surface area contributed by atoms with Crippen LogP contribution < -0.4 is 21.3 Å². The Kier molecular flexibility index (Phi) is 46.7. The first-order valence-electron chi connectivity index (χ1n) is 28.8. The standard InChI is InChI=1S/C16H30N4O4.C14H26N4O2.C14H29NO5.C13H27NO4/c1-13(2)24-9-8-22-6-7-23-12-14-10-20(19-18-14)11-15(21)17-16(3,4)5;1-13(2,3)15-12(19)10-18-9-11(16-17-18)7-8-20-14(4,5)6;1-12(2)9-19-11-15-14(16)10-18-6-5-17-7-8-20-13(3)4;1-11(2)9-14-13(15)10-17-6-5-16-7-8-18-12(3)4/h10,13H,6-9,11-12H2,1-5H3,(H,17,21);9H,7-8,10H2,1-6H3,(H,15,19);12-13H,5-11H2,1-4H3,(H,15,16);11-12H,5-10H2,1-4H3,(H,14,15). The fourth-order valence-electron chi connectivity index (χ4n) is 5.72. The van der Waals surface area contributed by atoms with Crippen LogP contribution in [0.3, 0.4) is 0 Å². The quantitative estimate of drug-likeness (QED) is 0.0498. The van der Waals surface area contributed by atoms with Gasteiger partial charge in [0.15, 0.2) is 0 Å². The molecule has 0 aliphatic carbocycles. The normalized spacial score (nSPS) is 11.8. The fourth-order valence-corrected chi connectivity index (χ4v) is 5.72.